The van der Waals surface area contributed by atoms with Crippen LogP contribution in [0.5, 0.6) is 0 Å². The SMILES string of the molecule is COC1OC(CCl)C(OS(=O)(=O)c2ccc(C)cc2)C(OS(=O)(=O)c2ccc(C)cc2)C1OS(=O)(=O)c1ccc(C)cc1. The number of ether oxygens (including phenoxy) is 2. The van der Waals surface area contributed by atoms with E-state index < -0.39 is 66.9 Å². The van der Waals surface area contributed by atoms with Gasteiger partial charge in [0.2, 0.25) is 0 Å². The quantitative estimate of drug-likeness (QED) is 0.216. The van der Waals surface area contributed by atoms with Crippen LogP contribution in [0.3, 0.4) is 0 Å². The maximum absolute atomic E-state index is 13.5. The molecule has 1 saturated heterocycles. The van der Waals surface area contributed by atoms with Gasteiger partial charge < -0.3 is 9.47 Å². The van der Waals surface area contributed by atoms with E-state index in [4.69, 9.17) is 33.6 Å². The smallest absolute Gasteiger partial charge is 0.297 e. The molecule has 3 aromatic rings. The zero-order valence-electron chi connectivity index (χ0n) is 23.6. The molecule has 1 heterocycles. The molecule has 4 rings (SSSR count). The van der Waals surface area contributed by atoms with Crippen LogP contribution in [0.25, 0.3) is 0 Å². The highest BCUT2D eigenvalue weighted by Gasteiger charge is 2.53. The van der Waals surface area contributed by atoms with Gasteiger partial charge in [0.05, 0.1) is 20.6 Å². The lowest BCUT2D eigenvalue weighted by molar-refractivity contribution is -0.268. The van der Waals surface area contributed by atoms with E-state index in [0.29, 0.717) is 0 Å². The van der Waals surface area contributed by atoms with Gasteiger partial charge in [-0.1, -0.05) is 53.1 Å². The summed E-state index contributed by atoms with van der Waals surface area (Å²) in [6, 6.07) is 17.0. The molecular formula is C28H31ClO11S3. The molecule has 0 radical (unpaired) electrons. The largest absolute Gasteiger partial charge is 0.353 e. The van der Waals surface area contributed by atoms with Crippen molar-refractivity contribution in [1.29, 1.82) is 0 Å². The van der Waals surface area contributed by atoms with E-state index in [-0.39, 0.29) is 14.7 Å². The molecule has 3 aromatic carbocycles. The maximum atomic E-state index is 13.5. The summed E-state index contributed by atoms with van der Waals surface area (Å²) in [5, 5.41) is 0. The first-order valence-corrected chi connectivity index (χ1v) is 17.7. The lowest BCUT2D eigenvalue weighted by atomic mass is 10.00. The zero-order valence-corrected chi connectivity index (χ0v) is 26.8. The fourth-order valence-electron chi connectivity index (χ4n) is 4.24. The van der Waals surface area contributed by atoms with Crippen molar-refractivity contribution >= 4 is 42.0 Å². The van der Waals surface area contributed by atoms with E-state index in [2.05, 4.69) is 0 Å². The molecule has 0 spiro atoms. The second-order valence-electron chi connectivity index (χ2n) is 9.92. The predicted octanol–water partition coefficient (Wildman–Crippen LogP) is 3.84. The Hall–Kier alpha value is -2.40. The number of alkyl halides is 1. The number of rotatable bonds is 11. The molecule has 0 aliphatic carbocycles. The van der Waals surface area contributed by atoms with Gasteiger partial charge in [0.1, 0.15) is 18.3 Å². The van der Waals surface area contributed by atoms with Gasteiger partial charge in [-0.2, -0.15) is 25.3 Å². The fourth-order valence-corrected chi connectivity index (χ4v) is 7.76. The first-order valence-electron chi connectivity index (χ1n) is 12.9. The summed E-state index contributed by atoms with van der Waals surface area (Å²) in [4.78, 5) is -0.774. The summed E-state index contributed by atoms with van der Waals surface area (Å²) < 4.78 is 108. The summed E-state index contributed by atoms with van der Waals surface area (Å²) in [6.45, 7) is 5.27. The Morgan fingerprint density at radius 1 is 0.581 bits per heavy atom. The molecule has 0 bridgehead atoms. The molecule has 0 amide bonds. The third-order valence-corrected chi connectivity index (χ3v) is 10.9. The van der Waals surface area contributed by atoms with Crippen molar-refractivity contribution in [2.75, 3.05) is 13.0 Å². The van der Waals surface area contributed by atoms with E-state index in [0.717, 1.165) is 16.7 Å². The minimum Gasteiger partial charge on any atom is -0.353 e. The third-order valence-electron chi connectivity index (χ3n) is 6.62. The van der Waals surface area contributed by atoms with Crippen LogP contribution in [-0.2, 0) is 52.4 Å². The Kier molecular flexibility index (Phi) is 10.4. The molecule has 5 unspecified atom stereocenters. The highest BCUT2D eigenvalue weighted by Crippen LogP contribution is 2.35. The zero-order chi connectivity index (χ0) is 31.6. The monoisotopic (exact) mass is 674 g/mol. The Labute approximate surface area is 257 Å². The molecule has 234 valence electrons. The summed E-state index contributed by atoms with van der Waals surface area (Å²) >= 11 is 6.14. The van der Waals surface area contributed by atoms with Crippen LogP contribution in [0.1, 0.15) is 16.7 Å². The fraction of sp³-hybridized carbons (Fsp3) is 0.357. The van der Waals surface area contributed by atoms with E-state index in [1.807, 2.05) is 0 Å². The van der Waals surface area contributed by atoms with Crippen LogP contribution in [0.2, 0.25) is 0 Å². The van der Waals surface area contributed by atoms with Gasteiger partial charge in [-0.3, -0.25) is 12.5 Å². The summed E-state index contributed by atoms with van der Waals surface area (Å²) in [6.07, 6.45) is -8.51. The molecule has 1 aliphatic rings. The normalized spacial score (nSPS) is 23.2. The van der Waals surface area contributed by atoms with E-state index in [1.54, 1.807) is 45.0 Å². The average molecular weight is 675 g/mol. The van der Waals surface area contributed by atoms with E-state index in [1.165, 1.54) is 55.6 Å². The lowest BCUT2D eigenvalue weighted by Crippen LogP contribution is -2.62. The van der Waals surface area contributed by atoms with Crippen LogP contribution in [0.15, 0.2) is 87.5 Å². The van der Waals surface area contributed by atoms with Gasteiger partial charge >= 0.3 is 0 Å². The van der Waals surface area contributed by atoms with Crippen LogP contribution in [0.4, 0.5) is 0 Å². The molecule has 11 nitrogen and oxygen atoms in total. The van der Waals surface area contributed by atoms with Gasteiger partial charge in [-0.15, -0.1) is 11.6 Å². The number of methoxy groups -OCH3 is 1. The Balaban J connectivity index is 1.82. The molecular weight excluding hydrogens is 644 g/mol. The van der Waals surface area contributed by atoms with Crippen molar-refractivity contribution in [1.82, 2.24) is 0 Å². The first kappa shape index (κ1) is 33.5. The van der Waals surface area contributed by atoms with Gasteiger partial charge in [-0.25, -0.2) is 0 Å². The summed E-state index contributed by atoms with van der Waals surface area (Å²) in [5.41, 5.74) is 2.32. The highest BCUT2D eigenvalue weighted by molar-refractivity contribution is 7.87. The minimum atomic E-state index is -4.66. The number of hydrogen-bond acceptors (Lipinski definition) is 11. The van der Waals surface area contributed by atoms with Crippen LogP contribution in [-0.4, -0.2) is 68.9 Å². The van der Waals surface area contributed by atoms with Crippen molar-refractivity contribution in [2.24, 2.45) is 0 Å². The van der Waals surface area contributed by atoms with Crippen molar-refractivity contribution in [3.05, 3.63) is 89.5 Å². The Morgan fingerprint density at radius 3 is 1.23 bits per heavy atom. The van der Waals surface area contributed by atoms with Crippen LogP contribution < -0.4 is 0 Å². The Bertz CT molecular complexity index is 1630. The topological polar surface area (TPSA) is 149 Å². The van der Waals surface area contributed by atoms with Gasteiger partial charge in [0, 0.05) is 7.11 Å². The molecule has 15 heteroatoms. The third kappa shape index (κ3) is 7.82. The second-order valence-corrected chi connectivity index (χ2v) is 14.9. The van der Waals surface area contributed by atoms with Gasteiger partial charge in [0.15, 0.2) is 12.4 Å². The number of benzene rings is 3. The van der Waals surface area contributed by atoms with Crippen molar-refractivity contribution < 1.29 is 47.3 Å². The van der Waals surface area contributed by atoms with Crippen molar-refractivity contribution in [2.45, 2.75) is 66.2 Å². The number of hydrogen-bond donors (Lipinski definition) is 0. The molecule has 0 aromatic heterocycles. The average Bonchev–Trinajstić information content (AvgIpc) is 2.95. The van der Waals surface area contributed by atoms with Crippen molar-refractivity contribution in [3.8, 4) is 0 Å². The van der Waals surface area contributed by atoms with Crippen LogP contribution in [0, 0.1) is 20.8 Å². The molecule has 43 heavy (non-hydrogen) atoms. The van der Waals surface area contributed by atoms with Gasteiger partial charge in [-0.05, 0) is 57.2 Å². The minimum absolute atomic E-state index is 0.245. The van der Waals surface area contributed by atoms with E-state index in [9.17, 15) is 25.3 Å². The second kappa shape index (κ2) is 13.3. The number of aryl methyl sites for hydroxylation is 3. The van der Waals surface area contributed by atoms with Crippen LogP contribution >= 0.6 is 11.6 Å². The Morgan fingerprint density at radius 2 is 0.907 bits per heavy atom. The predicted molar refractivity (Wildman–Crippen MR) is 156 cm³/mol. The standard InChI is InChI=1S/C28H31ClO11S3/c1-18-5-11-21(12-6-18)41(30,31)38-25-24(17-29)37-28(36-4)27(40-43(34,35)23-15-9-20(3)10-16-23)26(25)39-42(32,33)22-13-7-19(2)8-14-22/h5-16,24-28H,17H2,1-4H3. The summed E-state index contributed by atoms with van der Waals surface area (Å²) in [5.74, 6) is -0.407. The molecule has 1 aliphatic heterocycles. The molecule has 0 N–H and O–H groups in total. The molecule has 0 saturated carbocycles. The number of halogens is 1. The molecule has 5 atom stereocenters. The molecule has 1 fully saturated rings. The van der Waals surface area contributed by atoms with E-state index >= 15 is 0 Å². The lowest BCUT2D eigenvalue weighted by Gasteiger charge is -2.43. The van der Waals surface area contributed by atoms with Gasteiger partial charge in [0.25, 0.3) is 30.4 Å². The summed E-state index contributed by atoms with van der Waals surface area (Å²) in [7, 11) is -12.7. The van der Waals surface area contributed by atoms with Crippen molar-refractivity contribution in [3.63, 3.8) is 0 Å². The maximum Gasteiger partial charge on any atom is 0.297 e. The highest BCUT2D eigenvalue weighted by atomic mass is 35.5. The first-order chi connectivity index (χ1) is 20.2.